The van der Waals surface area contributed by atoms with Crippen molar-refractivity contribution in [1.29, 1.82) is 0 Å². The standard InChI is InChI=1S/2Al.3O.2W/q2*+3;3*-2;;. The Balaban J connectivity index is 0. The Morgan fingerprint density at radius 3 is 0.429 bits per heavy atom. The zero-order valence-corrected chi connectivity index (χ0v) is 11.4. The van der Waals surface area contributed by atoms with Crippen LogP contribution in [0.15, 0.2) is 0 Å². The molecule has 0 saturated heterocycles. The summed E-state index contributed by atoms with van der Waals surface area (Å²) in [6.45, 7) is 0. The minimum Gasteiger partial charge on any atom is -2.00 e. The van der Waals surface area contributed by atoms with E-state index in [9.17, 15) is 0 Å². The first kappa shape index (κ1) is 120. The summed E-state index contributed by atoms with van der Waals surface area (Å²) < 4.78 is 0. The molecule has 0 spiro atoms. The van der Waals surface area contributed by atoms with E-state index in [1.807, 2.05) is 0 Å². The van der Waals surface area contributed by atoms with Crippen molar-refractivity contribution in [2.75, 3.05) is 0 Å². The SMILES string of the molecule is [Al+3].[Al+3].[O-2].[O-2].[O-2].[W].[W]. The van der Waals surface area contributed by atoms with Crippen LogP contribution < -0.4 is 0 Å². The Morgan fingerprint density at radius 2 is 0.429 bits per heavy atom. The average molecular weight is 470 g/mol. The topological polar surface area (TPSA) is 85.5 Å². The van der Waals surface area contributed by atoms with Crippen molar-refractivity contribution >= 4 is 34.7 Å². The van der Waals surface area contributed by atoms with E-state index >= 15 is 0 Å². The summed E-state index contributed by atoms with van der Waals surface area (Å²) in [7, 11) is 0. The monoisotopic (exact) mass is 470 g/mol. The van der Waals surface area contributed by atoms with Crippen molar-refractivity contribution < 1.29 is 58.6 Å². The Kier molecular flexibility index (Phi) is 1420. The van der Waals surface area contributed by atoms with Crippen molar-refractivity contribution in [3.05, 3.63) is 0 Å². The zero-order valence-electron chi connectivity index (χ0n) is 3.20. The second kappa shape index (κ2) is 82.8. The summed E-state index contributed by atoms with van der Waals surface area (Å²) in [6.07, 6.45) is 0. The third kappa shape index (κ3) is 61.7. The van der Waals surface area contributed by atoms with E-state index in [0.717, 1.165) is 0 Å². The van der Waals surface area contributed by atoms with Crippen LogP contribution in [0.3, 0.4) is 0 Å². The third-order valence-electron chi connectivity index (χ3n) is 0. The Bertz CT molecular complexity index is 10.9. The van der Waals surface area contributed by atoms with Gasteiger partial charge in [0.05, 0.1) is 0 Å². The van der Waals surface area contributed by atoms with Gasteiger partial charge in [-0.25, -0.2) is 0 Å². The molecule has 7 heavy (non-hydrogen) atoms. The molecular weight excluding hydrogens is 470 g/mol. The van der Waals surface area contributed by atoms with Gasteiger partial charge in [0.25, 0.3) is 0 Å². The van der Waals surface area contributed by atoms with Crippen LogP contribution in [0.4, 0.5) is 0 Å². The first-order valence-corrected chi connectivity index (χ1v) is 0. The Morgan fingerprint density at radius 1 is 0.429 bits per heavy atom. The summed E-state index contributed by atoms with van der Waals surface area (Å²) in [4.78, 5) is 0. The average Bonchev–Trinajstić information content (AvgIpc) is 0. The molecule has 0 aromatic rings. The molecule has 0 bridgehead atoms. The van der Waals surface area contributed by atoms with E-state index < -0.39 is 0 Å². The van der Waals surface area contributed by atoms with Crippen LogP contribution in [0.2, 0.25) is 0 Å². The van der Waals surface area contributed by atoms with Crippen LogP contribution >= 0.6 is 0 Å². The Labute approximate surface area is 92.3 Å². The van der Waals surface area contributed by atoms with Gasteiger partial charge in [-0.1, -0.05) is 0 Å². The van der Waals surface area contributed by atoms with Gasteiger partial charge in [0.1, 0.15) is 0 Å². The zero-order chi connectivity index (χ0) is 0. The fourth-order valence-corrected chi connectivity index (χ4v) is 0. The molecule has 36 valence electrons. The molecule has 0 radical (unpaired) electrons. The molecule has 0 aliphatic heterocycles. The van der Waals surface area contributed by atoms with E-state index in [2.05, 4.69) is 0 Å². The molecule has 0 rings (SSSR count). The van der Waals surface area contributed by atoms with Crippen LogP contribution in [0, 0.1) is 0 Å². The molecule has 3 nitrogen and oxygen atoms in total. The van der Waals surface area contributed by atoms with E-state index in [-0.39, 0.29) is 93.3 Å². The minimum absolute atomic E-state index is 0. The van der Waals surface area contributed by atoms with Gasteiger partial charge in [-0.05, 0) is 0 Å². The summed E-state index contributed by atoms with van der Waals surface area (Å²) in [5, 5.41) is 0. The molecule has 0 aliphatic carbocycles. The van der Waals surface area contributed by atoms with Crippen LogP contribution in [0.5, 0.6) is 0 Å². The van der Waals surface area contributed by atoms with E-state index in [0.29, 0.717) is 0 Å². The van der Waals surface area contributed by atoms with E-state index in [1.165, 1.54) is 0 Å². The molecule has 0 saturated carbocycles. The van der Waals surface area contributed by atoms with Gasteiger partial charge in [-0.3, -0.25) is 0 Å². The summed E-state index contributed by atoms with van der Waals surface area (Å²) in [5.74, 6) is 0. The molecule has 7 heteroatoms. The van der Waals surface area contributed by atoms with Crippen molar-refractivity contribution in [2.24, 2.45) is 0 Å². The first-order valence-electron chi connectivity index (χ1n) is 0. The van der Waals surface area contributed by atoms with Gasteiger partial charge in [0.15, 0.2) is 0 Å². The number of rotatable bonds is 0. The Hall–Kier alpha value is 2.32. The molecule has 0 unspecified atom stereocenters. The summed E-state index contributed by atoms with van der Waals surface area (Å²) >= 11 is 0. The predicted octanol–water partition coefficient (Wildman–Crippen LogP) is -1.12. The summed E-state index contributed by atoms with van der Waals surface area (Å²) in [5.41, 5.74) is 0. The minimum atomic E-state index is 0. The molecule has 0 atom stereocenters. The maximum atomic E-state index is 0. The fraction of sp³-hybridized carbons (Fsp3) is 0. The van der Waals surface area contributed by atoms with Gasteiger partial charge < -0.3 is 16.4 Å². The molecule has 0 aliphatic rings. The molecule has 0 amide bonds. The van der Waals surface area contributed by atoms with Gasteiger partial charge in [-0.15, -0.1) is 0 Å². The molecule has 0 heterocycles. The second-order valence-corrected chi connectivity index (χ2v) is 0. The van der Waals surface area contributed by atoms with Crippen molar-refractivity contribution in [2.45, 2.75) is 0 Å². The third-order valence-corrected chi connectivity index (χ3v) is 0. The second-order valence-electron chi connectivity index (χ2n) is 0. The van der Waals surface area contributed by atoms with Gasteiger partial charge in [-0.2, -0.15) is 0 Å². The van der Waals surface area contributed by atoms with Gasteiger partial charge >= 0.3 is 34.7 Å². The van der Waals surface area contributed by atoms with Gasteiger partial charge in [0, 0.05) is 42.1 Å². The molecule has 0 N–H and O–H groups in total. The van der Waals surface area contributed by atoms with E-state index in [4.69, 9.17) is 0 Å². The maximum Gasteiger partial charge on any atom is 3.00 e. The molecule has 0 aromatic heterocycles. The maximum absolute atomic E-state index is 0. The van der Waals surface area contributed by atoms with Crippen LogP contribution in [-0.2, 0) is 58.6 Å². The van der Waals surface area contributed by atoms with Crippen molar-refractivity contribution in [1.82, 2.24) is 0 Å². The molecular formula is Al2O3W2. The number of hydrogen-bond acceptors (Lipinski definition) is 0. The van der Waals surface area contributed by atoms with Crippen LogP contribution in [0.25, 0.3) is 0 Å². The van der Waals surface area contributed by atoms with Crippen LogP contribution in [-0.4, -0.2) is 34.7 Å². The fourth-order valence-electron chi connectivity index (χ4n) is 0. The summed E-state index contributed by atoms with van der Waals surface area (Å²) in [6, 6.07) is 0. The van der Waals surface area contributed by atoms with Crippen molar-refractivity contribution in [3.8, 4) is 0 Å². The van der Waals surface area contributed by atoms with Crippen molar-refractivity contribution in [3.63, 3.8) is 0 Å². The first-order chi connectivity index (χ1) is 0. The molecule has 0 aromatic carbocycles. The smallest absolute Gasteiger partial charge is 2.00 e. The largest absolute Gasteiger partial charge is 3.00 e. The quantitative estimate of drug-likeness (QED) is 0.403. The normalized spacial score (nSPS) is 0. The predicted molar refractivity (Wildman–Crippen MR) is 13.6 cm³/mol. The number of hydrogen-bond donors (Lipinski definition) is 0. The van der Waals surface area contributed by atoms with Crippen LogP contribution in [0.1, 0.15) is 0 Å². The molecule has 0 fully saturated rings. The van der Waals surface area contributed by atoms with Gasteiger partial charge in [0.2, 0.25) is 0 Å². The van der Waals surface area contributed by atoms with E-state index in [1.54, 1.807) is 0 Å².